The lowest BCUT2D eigenvalue weighted by molar-refractivity contribution is -0.135. The number of oxime groups is 1. The summed E-state index contributed by atoms with van der Waals surface area (Å²) in [5.74, 6) is -0.607. The molecule has 0 aromatic rings. The van der Waals surface area contributed by atoms with Gasteiger partial charge in [-0.1, -0.05) is 18.5 Å². The molecule has 1 heterocycles. The maximum absolute atomic E-state index is 12.3. The molecule has 0 aromatic heterocycles. The van der Waals surface area contributed by atoms with Gasteiger partial charge in [0.15, 0.2) is 5.84 Å². The van der Waals surface area contributed by atoms with Gasteiger partial charge in [0.2, 0.25) is 5.91 Å². The molecule has 1 aliphatic rings. The Morgan fingerprint density at radius 1 is 1.37 bits per heavy atom. The molecule has 0 bridgehead atoms. The summed E-state index contributed by atoms with van der Waals surface area (Å²) in [6.45, 7) is 5.49. The van der Waals surface area contributed by atoms with E-state index in [1.807, 2.05) is 6.92 Å². The Labute approximate surface area is 113 Å². The number of carbonyl (C=O) groups excluding carboxylic acids is 1. The quantitative estimate of drug-likeness (QED) is 0.256. The monoisotopic (exact) mass is 272 g/mol. The number of hydrogen-bond donors (Lipinski definition) is 3. The van der Waals surface area contributed by atoms with Crippen LogP contribution >= 0.6 is 0 Å². The number of piperazine rings is 1. The summed E-state index contributed by atoms with van der Waals surface area (Å²) >= 11 is 0. The van der Waals surface area contributed by atoms with E-state index in [1.54, 1.807) is 4.90 Å². The van der Waals surface area contributed by atoms with E-state index in [-0.39, 0.29) is 18.3 Å². The number of nitrogens with two attached hydrogens (primary N) is 1. The van der Waals surface area contributed by atoms with Gasteiger partial charge in [-0.3, -0.25) is 9.69 Å². The number of aliphatic hydroxyl groups is 1. The molecule has 0 spiro atoms. The van der Waals surface area contributed by atoms with Gasteiger partial charge in [-0.2, -0.15) is 0 Å². The van der Waals surface area contributed by atoms with E-state index in [0.29, 0.717) is 26.1 Å². The van der Waals surface area contributed by atoms with Crippen molar-refractivity contribution in [2.75, 3.05) is 39.3 Å². The molecular formula is C12H24N4O3. The van der Waals surface area contributed by atoms with E-state index in [0.717, 1.165) is 19.5 Å². The van der Waals surface area contributed by atoms with E-state index < -0.39 is 5.92 Å². The third-order valence-corrected chi connectivity index (χ3v) is 3.45. The number of β-amino-alcohol motifs (C(OH)–C–C–N with tert-alkyl or cyclic N) is 1. The van der Waals surface area contributed by atoms with Crippen molar-refractivity contribution >= 4 is 11.7 Å². The highest BCUT2D eigenvalue weighted by Crippen LogP contribution is 2.13. The molecular weight excluding hydrogens is 248 g/mol. The van der Waals surface area contributed by atoms with Crippen LogP contribution in [0, 0.1) is 5.92 Å². The molecule has 7 heteroatoms. The average molecular weight is 272 g/mol. The van der Waals surface area contributed by atoms with Crippen LogP contribution in [0.2, 0.25) is 0 Å². The SMILES string of the molecule is CCCC(C(=O)N1CCN(CCO)CC1)C(N)=NO. The van der Waals surface area contributed by atoms with E-state index in [1.165, 1.54) is 0 Å². The van der Waals surface area contributed by atoms with E-state index in [2.05, 4.69) is 10.1 Å². The predicted molar refractivity (Wildman–Crippen MR) is 71.9 cm³/mol. The van der Waals surface area contributed by atoms with Crippen LogP contribution in [-0.2, 0) is 4.79 Å². The Bertz CT molecular complexity index is 314. The first kappa shape index (κ1) is 15.7. The molecule has 1 atom stereocenters. The average Bonchev–Trinajstić information content (AvgIpc) is 2.44. The fourth-order valence-corrected chi connectivity index (χ4v) is 2.31. The van der Waals surface area contributed by atoms with Crippen molar-refractivity contribution < 1.29 is 15.1 Å². The molecule has 0 radical (unpaired) electrons. The number of carbonyl (C=O) groups is 1. The van der Waals surface area contributed by atoms with E-state index in [4.69, 9.17) is 16.0 Å². The third-order valence-electron chi connectivity index (χ3n) is 3.45. The molecule has 19 heavy (non-hydrogen) atoms. The van der Waals surface area contributed by atoms with Crippen molar-refractivity contribution in [2.24, 2.45) is 16.8 Å². The summed E-state index contributed by atoms with van der Waals surface area (Å²) in [5.41, 5.74) is 5.59. The van der Waals surface area contributed by atoms with Crippen LogP contribution in [0.5, 0.6) is 0 Å². The van der Waals surface area contributed by atoms with Crippen LogP contribution in [-0.4, -0.2) is 71.2 Å². The number of rotatable bonds is 6. The molecule has 110 valence electrons. The molecule has 1 unspecified atom stereocenters. The molecule has 1 amide bonds. The number of aliphatic hydroxyl groups excluding tert-OH is 1. The van der Waals surface area contributed by atoms with E-state index in [9.17, 15) is 4.79 Å². The molecule has 1 rings (SSSR count). The third kappa shape index (κ3) is 4.36. The van der Waals surface area contributed by atoms with Crippen molar-refractivity contribution in [1.82, 2.24) is 9.80 Å². The Morgan fingerprint density at radius 2 is 2.00 bits per heavy atom. The maximum atomic E-state index is 12.3. The molecule has 4 N–H and O–H groups in total. The highest BCUT2D eigenvalue weighted by Gasteiger charge is 2.29. The zero-order valence-corrected chi connectivity index (χ0v) is 11.5. The van der Waals surface area contributed by atoms with Gasteiger partial charge >= 0.3 is 0 Å². The summed E-state index contributed by atoms with van der Waals surface area (Å²) in [6, 6.07) is 0. The zero-order chi connectivity index (χ0) is 14.3. The molecule has 1 fully saturated rings. The van der Waals surface area contributed by atoms with Gasteiger partial charge in [-0.25, -0.2) is 0 Å². The fraction of sp³-hybridized carbons (Fsp3) is 0.833. The van der Waals surface area contributed by atoms with E-state index >= 15 is 0 Å². The number of amidine groups is 1. The lowest BCUT2D eigenvalue weighted by atomic mass is 10.0. The molecule has 7 nitrogen and oxygen atoms in total. The van der Waals surface area contributed by atoms with Crippen LogP contribution in [0.4, 0.5) is 0 Å². The van der Waals surface area contributed by atoms with Crippen LogP contribution in [0.15, 0.2) is 5.16 Å². The highest BCUT2D eigenvalue weighted by atomic mass is 16.4. The van der Waals surface area contributed by atoms with Crippen molar-refractivity contribution in [2.45, 2.75) is 19.8 Å². The minimum atomic E-state index is -0.528. The molecule has 0 aromatic carbocycles. The lowest BCUT2D eigenvalue weighted by Crippen LogP contribution is -2.52. The van der Waals surface area contributed by atoms with Crippen LogP contribution in [0.1, 0.15) is 19.8 Å². The van der Waals surface area contributed by atoms with Gasteiger partial charge in [-0.15, -0.1) is 0 Å². The first-order valence-electron chi connectivity index (χ1n) is 6.73. The van der Waals surface area contributed by atoms with Gasteiger partial charge in [0.05, 0.1) is 12.5 Å². The summed E-state index contributed by atoms with van der Waals surface area (Å²) in [6.07, 6.45) is 1.39. The number of amides is 1. The Balaban J connectivity index is 2.57. The minimum absolute atomic E-state index is 0.00959. The van der Waals surface area contributed by atoms with Gasteiger partial charge in [-0.05, 0) is 6.42 Å². The minimum Gasteiger partial charge on any atom is -0.409 e. The second-order valence-electron chi connectivity index (χ2n) is 4.76. The van der Waals surface area contributed by atoms with Crippen molar-refractivity contribution in [3.05, 3.63) is 0 Å². The van der Waals surface area contributed by atoms with Gasteiger partial charge in [0.25, 0.3) is 0 Å². The van der Waals surface area contributed by atoms with Crippen molar-refractivity contribution in [1.29, 1.82) is 0 Å². The molecule has 1 saturated heterocycles. The van der Waals surface area contributed by atoms with Crippen molar-refractivity contribution in [3.63, 3.8) is 0 Å². The van der Waals surface area contributed by atoms with Crippen LogP contribution < -0.4 is 5.73 Å². The molecule has 0 aliphatic carbocycles. The largest absolute Gasteiger partial charge is 0.409 e. The topological polar surface area (TPSA) is 102 Å². The lowest BCUT2D eigenvalue weighted by Gasteiger charge is -2.35. The van der Waals surface area contributed by atoms with Crippen LogP contribution in [0.3, 0.4) is 0 Å². The number of hydrogen-bond acceptors (Lipinski definition) is 5. The van der Waals surface area contributed by atoms with Crippen molar-refractivity contribution in [3.8, 4) is 0 Å². The van der Waals surface area contributed by atoms with Gasteiger partial charge < -0.3 is 20.9 Å². The summed E-state index contributed by atoms with van der Waals surface area (Å²) in [7, 11) is 0. The Kier molecular flexibility index (Phi) is 6.58. The van der Waals surface area contributed by atoms with Gasteiger partial charge in [0.1, 0.15) is 0 Å². The highest BCUT2D eigenvalue weighted by molar-refractivity contribution is 6.02. The normalized spacial score (nSPS) is 19.5. The smallest absolute Gasteiger partial charge is 0.233 e. The summed E-state index contributed by atoms with van der Waals surface area (Å²) in [4.78, 5) is 16.2. The first-order chi connectivity index (χ1) is 9.13. The first-order valence-corrected chi connectivity index (χ1v) is 6.73. The Morgan fingerprint density at radius 3 is 2.47 bits per heavy atom. The molecule has 0 saturated carbocycles. The summed E-state index contributed by atoms with van der Waals surface area (Å²) < 4.78 is 0. The zero-order valence-electron chi connectivity index (χ0n) is 11.5. The summed E-state index contributed by atoms with van der Waals surface area (Å²) in [5, 5.41) is 20.6. The Hall–Kier alpha value is -1.34. The predicted octanol–water partition coefficient (Wildman–Crippen LogP) is -0.714. The maximum Gasteiger partial charge on any atom is 0.233 e. The van der Waals surface area contributed by atoms with Gasteiger partial charge in [0, 0.05) is 32.7 Å². The number of nitrogens with zero attached hydrogens (tertiary/aromatic N) is 3. The second kappa shape index (κ2) is 7.96. The standard InChI is InChI=1S/C12H24N4O3/c1-2-3-10(11(13)14-19)12(18)16-6-4-15(5-7-16)8-9-17/h10,17,19H,2-9H2,1H3,(H2,13,14). The second-order valence-corrected chi connectivity index (χ2v) is 4.76. The molecule has 1 aliphatic heterocycles. The van der Waals surface area contributed by atoms with Crippen LogP contribution in [0.25, 0.3) is 0 Å². The fourth-order valence-electron chi connectivity index (χ4n) is 2.31.